The minimum Gasteiger partial charge on any atom is -0.464 e. The molecule has 0 unspecified atom stereocenters. The van der Waals surface area contributed by atoms with Crippen LogP contribution in [0.5, 0.6) is 0 Å². The average Bonchev–Trinajstić information content (AvgIpc) is 2.84. The first-order valence-corrected chi connectivity index (χ1v) is 7.44. The van der Waals surface area contributed by atoms with E-state index in [1.54, 1.807) is 7.05 Å². The zero-order valence-corrected chi connectivity index (χ0v) is 12.1. The molecule has 0 spiro atoms. The fourth-order valence-electron chi connectivity index (χ4n) is 1.98. The Morgan fingerprint density at radius 2 is 1.94 bits per heavy atom. The number of nitrogens with zero attached hydrogens (tertiary/aromatic N) is 2. The maximum Gasteiger partial charge on any atom is 0.281 e. The van der Waals surface area contributed by atoms with E-state index >= 15 is 0 Å². The molecule has 1 aliphatic rings. The van der Waals surface area contributed by atoms with E-state index in [0.717, 1.165) is 5.76 Å². The molecule has 1 aliphatic carbocycles. The molecule has 0 bridgehead atoms. The molecule has 0 saturated heterocycles. The van der Waals surface area contributed by atoms with Crippen LogP contribution in [-0.4, -0.2) is 38.2 Å². The molecule has 18 heavy (non-hydrogen) atoms. The van der Waals surface area contributed by atoms with E-state index in [1.807, 2.05) is 12.1 Å². The number of rotatable bonds is 5. The van der Waals surface area contributed by atoms with Crippen molar-refractivity contribution < 1.29 is 12.8 Å². The Morgan fingerprint density at radius 3 is 2.44 bits per heavy atom. The molecule has 0 N–H and O–H groups in total. The highest BCUT2D eigenvalue weighted by molar-refractivity contribution is 7.86. The van der Waals surface area contributed by atoms with Gasteiger partial charge in [-0.1, -0.05) is 6.92 Å². The minimum atomic E-state index is -3.37. The third-order valence-electron chi connectivity index (χ3n) is 3.39. The van der Waals surface area contributed by atoms with Gasteiger partial charge in [-0.2, -0.15) is 17.0 Å². The normalized spacial score (nSPS) is 23.9. The van der Waals surface area contributed by atoms with E-state index in [-0.39, 0.29) is 6.54 Å². The Balaban J connectivity index is 2.03. The molecule has 0 radical (unpaired) electrons. The van der Waals surface area contributed by atoms with Gasteiger partial charge in [0.05, 0.1) is 6.54 Å². The number of furan rings is 1. The van der Waals surface area contributed by atoms with Crippen LogP contribution in [0.25, 0.3) is 0 Å². The summed E-state index contributed by atoms with van der Waals surface area (Å²) in [7, 11) is 1.22. The van der Waals surface area contributed by atoms with Crippen LogP contribution in [0.15, 0.2) is 16.5 Å². The largest absolute Gasteiger partial charge is 0.464 e. The van der Waals surface area contributed by atoms with Crippen molar-refractivity contribution in [3.63, 3.8) is 0 Å². The first kappa shape index (κ1) is 13.6. The van der Waals surface area contributed by atoms with Crippen molar-refractivity contribution in [1.29, 1.82) is 0 Å². The molecule has 2 rings (SSSR count). The van der Waals surface area contributed by atoms with Gasteiger partial charge in [-0.15, -0.1) is 0 Å². The molecule has 1 heterocycles. The fraction of sp³-hybridized carbons (Fsp3) is 0.667. The monoisotopic (exact) mass is 272 g/mol. The van der Waals surface area contributed by atoms with Crippen LogP contribution >= 0.6 is 0 Å². The van der Waals surface area contributed by atoms with Gasteiger partial charge in [-0.3, -0.25) is 0 Å². The minimum absolute atomic E-state index is 0.265. The van der Waals surface area contributed by atoms with Gasteiger partial charge in [0.1, 0.15) is 11.5 Å². The quantitative estimate of drug-likeness (QED) is 0.819. The average molecular weight is 272 g/mol. The maximum absolute atomic E-state index is 11.8. The molecule has 0 aliphatic heterocycles. The van der Waals surface area contributed by atoms with Crippen LogP contribution in [0, 0.1) is 5.92 Å². The Hall–Kier alpha value is -0.850. The highest BCUT2D eigenvalue weighted by Gasteiger charge is 2.36. The summed E-state index contributed by atoms with van der Waals surface area (Å²) in [6, 6.07) is 3.82. The van der Waals surface area contributed by atoms with Crippen molar-refractivity contribution in [2.24, 2.45) is 5.92 Å². The zero-order chi connectivity index (χ0) is 13.5. The van der Waals surface area contributed by atoms with Gasteiger partial charge >= 0.3 is 0 Å². The van der Waals surface area contributed by atoms with Gasteiger partial charge in [0.15, 0.2) is 0 Å². The van der Waals surface area contributed by atoms with Crippen LogP contribution in [-0.2, 0) is 16.8 Å². The van der Waals surface area contributed by atoms with Gasteiger partial charge in [0, 0.05) is 27.1 Å². The van der Waals surface area contributed by atoms with Crippen molar-refractivity contribution in [2.75, 3.05) is 21.1 Å². The van der Waals surface area contributed by atoms with Gasteiger partial charge in [-0.05, 0) is 24.5 Å². The molecule has 102 valence electrons. The SMILES string of the molecule is C[C@H]1C[C@@H]1c1ccc(CN(C)S(=O)(=O)N(C)C)o1. The zero-order valence-electron chi connectivity index (χ0n) is 11.3. The van der Waals surface area contributed by atoms with Crippen LogP contribution in [0.3, 0.4) is 0 Å². The van der Waals surface area contributed by atoms with Crippen molar-refractivity contribution >= 4 is 10.2 Å². The summed E-state index contributed by atoms with van der Waals surface area (Å²) in [6.45, 7) is 2.46. The first-order chi connectivity index (χ1) is 8.32. The summed E-state index contributed by atoms with van der Waals surface area (Å²) in [4.78, 5) is 0. The van der Waals surface area contributed by atoms with Crippen LogP contribution in [0.4, 0.5) is 0 Å². The lowest BCUT2D eigenvalue weighted by Gasteiger charge is -2.20. The van der Waals surface area contributed by atoms with E-state index < -0.39 is 10.2 Å². The molecule has 6 heteroatoms. The second kappa shape index (κ2) is 4.68. The second-order valence-electron chi connectivity index (χ2n) is 5.17. The third-order valence-corrected chi connectivity index (χ3v) is 5.23. The second-order valence-corrected chi connectivity index (χ2v) is 7.42. The van der Waals surface area contributed by atoms with Crippen molar-refractivity contribution in [1.82, 2.24) is 8.61 Å². The van der Waals surface area contributed by atoms with Crippen molar-refractivity contribution in [3.05, 3.63) is 23.7 Å². The van der Waals surface area contributed by atoms with E-state index in [1.165, 1.54) is 29.1 Å². The highest BCUT2D eigenvalue weighted by atomic mass is 32.2. The fourth-order valence-corrected chi connectivity index (χ4v) is 2.83. The molecular formula is C12H20N2O3S. The molecule has 0 aromatic carbocycles. The van der Waals surface area contributed by atoms with Crippen molar-refractivity contribution in [2.45, 2.75) is 25.8 Å². The Morgan fingerprint density at radius 1 is 1.33 bits per heavy atom. The summed E-state index contributed by atoms with van der Waals surface area (Å²) >= 11 is 0. The summed E-state index contributed by atoms with van der Waals surface area (Å²) in [6.07, 6.45) is 1.17. The maximum atomic E-state index is 11.8. The van der Waals surface area contributed by atoms with Crippen LogP contribution in [0.2, 0.25) is 0 Å². The van der Waals surface area contributed by atoms with Gasteiger partial charge in [0.2, 0.25) is 0 Å². The van der Waals surface area contributed by atoms with Crippen LogP contribution < -0.4 is 0 Å². The van der Waals surface area contributed by atoms with E-state index in [0.29, 0.717) is 17.6 Å². The summed E-state index contributed by atoms with van der Waals surface area (Å²) < 4.78 is 31.9. The predicted octanol–water partition coefficient (Wildman–Crippen LogP) is 1.64. The topological polar surface area (TPSA) is 53.8 Å². The van der Waals surface area contributed by atoms with Gasteiger partial charge in [0.25, 0.3) is 10.2 Å². The number of hydrogen-bond donors (Lipinski definition) is 0. The van der Waals surface area contributed by atoms with Crippen molar-refractivity contribution in [3.8, 4) is 0 Å². The predicted molar refractivity (Wildman–Crippen MR) is 69.3 cm³/mol. The lowest BCUT2D eigenvalue weighted by Crippen LogP contribution is -2.36. The summed E-state index contributed by atoms with van der Waals surface area (Å²) in [5, 5.41) is 0. The lowest BCUT2D eigenvalue weighted by molar-refractivity contribution is 0.368. The Labute approximate surface area is 109 Å². The van der Waals surface area contributed by atoms with Gasteiger partial charge in [-0.25, -0.2) is 0 Å². The molecular weight excluding hydrogens is 252 g/mol. The molecule has 1 saturated carbocycles. The lowest BCUT2D eigenvalue weighted by atomic mass is 10.3. The third kappa shape index (κ3) is 2.60. The molecule has 1 fully saturated rings. The first-order valence-electron chi connectivity index (χ1n) is 6.04. The summed E-state index contributed by atoms with van der Waals surface area (Å²) in [5.41, 5.74) is 0. The van der Waals surface area contributed by atoms with E-state index in [2.05, 4.69) is 6.92 Å². The van der Waals surface area contributed by atoms with Gasteiger partial charge < -0.3 is 4.42 Å². The summed E-state index contributed by atoms with van der Waals surface area (Å²) in [5.74, 6) is 2.88. The Bertz CT molecular complexity index is 521. The Kier molecular flexibility index (Phi) is 3.53. The van der Waals surface area contributed by atoms with E-state index in [4.69, 9.17) is 4.42 Å². The smallest absolute Gasteiger partial charge is 0.281 e. The molecule has 5 nitrogen and oxygen atoms in total. The number of hydrogen-bond acceptors (Lipinski definition) is 3. The molecule has 1 aromatic heterocycles. The highest BCUT2D eigenvalue weighted by Crippen LogP contribution is 2.47. The molecule has 2 atom stereocenters. The van der Waals surface area contributed by atoms with E-state index in [9.17, 15) is 8.42 Å². The van der Waals surface area contributed by atoms with Crippen LogP contribution in [0.1, 0.15) is 30.8 Å². The standard InChI is InChI=1S/C12H20N2O3S/c1-9-7-11(9)12-6-5-10(17-12)8-14(4)18(15,16)13(2)3/h5-6,9,11H,7-8H2,1-4H3/t9-,11-/m0/s1. The molecule has 1 aromatic rings. The molecule has 0 amide bonds.